The van der Waals surface area contributed by atoms with Gasteiger partial charge in [-0.3, -0.25) is 9.78 Å². The van der Waals surface area contributed by atoms with Gasteiger partial charge in [0.2, 0.25) is 17.7 Å². The Labute approximate surface area is 175 Å². The second kappa shape index (κ2) is 10.4. The Morgan fingerprint density at radius 2 is 1.87 bits per heavy atom. The molecule has 1 amide bonds. The van der Waals surface area contributed by atoms with E-state index in [-0.39, 0.29) is 18.4 Å². The lowest BCUT2D eigenvalue weighted by Gasteiger charge is -2.16. The molecule has 30 heavy (non-hydrogen) atoms. The van der Waals surface area contributed by atoms with E-state index in [1.54, 1.807) is 26.6 Å². The highest BCUT2D eigenvalue weighted by Gasteiger charge is 2.15. The van der Waals surface area contributed by atoms with Gasteiger partial charge in [-0.15, -0.1) is 10.2 Å². The van der Waals surface area contributed by atoms with E-state index in [9.17, 15) is 4.79 Å². The van der Waals surface area contributed by atoms with Gasteiger partial charge in [0.25, 0.3) is 0 Å². The third-order valence-corrected chi connectivity index (χ3v) is 4.76. The first-order chi connectivity index (χ1) is 14.6. The summed E-state index contributed by atoms with van der Waals surface area (Å²) in [5, 5.41) is 11.2. The number of carbonyl (C=O) groups is 1. The van der Waals surface area contributed by atoms with Crippen LogP contribution in [-0.4, -0.2) is 35.3 Å². The molecule has 3 aromatic rings. The van der Waals surface area contributed by atoms with Crippen molar-refractivity contribution in [2.75, 3.05) is 14.2 Å². The van der Waals surface area contributed by atoms with Crippen LogP contribution in [0.5, 0.6) is 11.5 Å². The van der Waals surface area contributed by atoms with Gasteiger partial charge in [0.15, 0.2) is 0 Å². The number of ether oxygens (including phenoxy) is 2. The summed E-state index contributed by atoms with van der Waals surface area (Å²) in [7, 11) is 3.22. The normalized spacial score (nSPS) is 11.7. The third kappa shape index (κ3) is 5.56. The number of nitrogens with one attached hydrogen (secondary N) is 1. The number of pyridine rings is 1. The average molecular weight is 410 g/mol. The third-order valence-electron chi connectivity index (χ3n) is 4.76. The number of hydrogen-bond donors (Lipinski definition) is 1. The van der Waals surface area contributed by atoms with Gasteiger partial charge >= 0.3 is 0 Å². The second-order valence-corrected chi connectivity index (χ2v) is 6.75. The van der Waals surface area contributed by atoms with E-state index < -0.39 is 0 Å². The van der Waals surface area contributed by atoms with Crippen molar-refractivity contribution in [3.8, 4) is 11.5 Å². The number of hydrogen-bond acceptors (Lipinski definition) is 7. The van der Waals surface area contributed by atoms with Crippen LogP contribution >= 0.6 is 0 Å². The van der Waals surface area contributed by atoms with Gasteiger partial charge in [-0.05, 0) is 42.3 Å². The first-order valence-corrected chi connectivity index (χ1v) is 9.84. The summed E-state index contributed by atoms with van der Waals surface area (Å²) < 4.78 is 16.4. The molecule has 8 heteroatoms. The quantitative estimate of drug-likeness (QED) is 0.547. The average Bonchev–Trinajstić information content (AvgIpc) is 3.23. The summed E-state index contributed by atoms with van der Waals surface area (Å²) in [6.07, 6.45) is 5.30. The van der Waals surface area contributed by atoms with Crippen LogP contribution in [-0.2, 0) is 17.6 Å². The number of benzene rings is 1. The number of amides is 1. The van der Waals surface area contributed by atoms with Gasteiger partial charge in [0.05, 0.1) is 26.7 Å². The van der Waals surface area contributed by atoms with E-state index in [2.05, 4.69) is 20.5 Å². The molecule has 0 aliphatic heterocycles. The zero-order chi connectivity index (χ0) is 21.3. The van der Waals surface area contributed by atoms with Crippen molar-refractivity contribution in [1.29, 1.82) is 0 Å². The minimum Gasteiger partial charge on any atom is -0.497 e. The van der Waals surface area contributed by atoms with Crippen LogP contribution in [0, 0.1) is 0 Å². The molecule has 2 heterocycles. The molecule has 0 bridgehead atoms. The molecule has 0 radical (unpaired) electrons. The molecule has 0 aliphatic carbocycles. The molecule has 0 saturated carbocycles. The monoisotopic (exact) mass is 410 g/mol. The van der Waals surface area contributed by atoms with E-state index >= 15 is 0 Å². The van der Waals surface area contributed by atoms with Gasteiger partial charge in [-0.25, -0.2) is 0 Å². The SMILES string of the molecule is CC[C@H](NC(=O)CCc1nnc(Cc2cc(OC)ccc2OC)o1)c1ccncc1. The molecule has 1 N–H and O–H groups in total. The van der Waals surface area contributed by atoms with Crippen molar-refractivity contribution >= 4 is 5.91 Å². The highest BCUT2D eigenvalue weighted by Crippen LogP contribution is 2.26. The Hall–Kier alpha value is -3.42. The number of aromatic nitrogens is 3. The van der Waals surface area contributed by atoms with Gasteiger partial charge in [0, 0.05) is 30.8 Å². The van der Waals surface area contributed by atoms with Gasteiger partial charge in [0.1, 0.15) is 11.5 Å². The fraction of sp³-hybridized carbons (Fsp3) is 0.364. The van der Waals surface area contributed by atoms with E-state index in [1.807, 2.05) is 37.3 Å². The molecule has 0 aliphatic rings. The Bertz CT molecular complexity index is 959. The summed E-state index contributed by atoms with van der Waals surface area (Å²) >= 11 is 0. The Morgan fingerprint density at radius 1 is 1.10 bits per heavy atom. The molecule has 0 saturated heterocycles. The number of methoxy groups -OCH3 is 2. The van der Waals surface area contributed by atoms with Crippen LogP contribution in [0.2, 0.25) is 0 Å². The molecular formula is C22H26N4O4. The summed E-state index contributed by atoms with van der Waals surface area (Å²) in [4.78, 5) is 16.4. The molecule has 0 spiro atoms. The highest BCUT2D eigenvalue weighted by molar-refractivity contribution is 5.76. The number of carbonyl (C=O) groups excluding carboxylic acids is 1. The van der Waals surface area contributed by atoms with Crippen LogP contribution in [0.4, 0.5) is 0 Å². The van der Waals surface area contributed by atoms with E-state index in [0.29, 0.717) is 24.6 Å². The minimum absolute atomic E-state index is 0.0423. The first-order valence-electron chi connectivity index (χ1n) is 9.84. The molecule has 2 aromatic heterocycles. The Morgan fingerprint density at radius 3 is 2.57 bits per heavy atom. The summed E-state index contributed by atoms with van der Waals surface area (Å²) in [5.74, 6) is 2.27. The smallest absolute Gasteiger partial charge is 0.221 e. The van der Waals surface area contributed by atoms with E-state index in [0.717, 1.165) is 29.0 Å². The van der Waals surface area contributed by atoms with Crippen LogP contribution in [0.15, 0.2) is 47.1 Å². The predicted octanol–water partition coefficient (Wildman–Crippen LogP) is 3.27. The largest absolute Gasteiger partial charge is 0.497 e. The highest BCUT2D eigenvalue weighted by atomic mass is 16.5. The van der Waals surface area contributed by atoms with E-state index in [4.69, 9.17) is 13.9 Å². The number of rotatable bonds is 10. The maximum absolute atomic E-state index is 12.4. The molecule has 158 valence electrons. The first kappa shape index (κ1) is 21.3. The maximum Gasteiger partial charge on any atom is 0.221 e. The molecular weight excluding hydrogens is 384 g/mol. The summed E-state index contributed by atoms with van der Waals surface area (Å²) in [6.45, 7) is 2.03. The van der Waals surface area contributed by atoms with Gasteiger partial charge < -0.3 is 19.2 Å². The zero-order valence-electron chi connectivity index (χ0n) is 17.4. The lowest BCUT2D eigenvalue weighted by molar-refractivity contribution is -0.121. The zero-order valence-corrected chi connectivity index (χ0v) is 17.4. The van der Waals surface area contributed by atoms with Crippen molar-refractivity contribution in [1.82, 2.24) is 20.5 Å². The molecule has 1 atom stereocenters. The predicted molar refractivity (Wildman–Crippen MR) is 110 cm³/mol. The summed E-state index contributed by atoms with van der Waals surface area (Å²) in [6, 6.07) is 9.31. The van der Waals surface area contributed by atoms with Gasteiger partial charge in [-0.1, -0.05) is 6.92 Å². The van der Waals surface area contributed by atoms with Crippen LogP contribution in [0.3, 0.4) is 0 Å². The second-order valence-electron chi connectivity index (χ2n) is 6.75. The summed E-state index contributed by atoms with van der Waals surface area (Å²) in [5.41, 5.74) is 1.92. The molecule has 0 fully saturated rings. The lowest BCUT2D eigenvalue weighted by atomic mass is 10.1. The van der Waals surface area contributed by atoms with Crippen molar-refractivity contribution in [3.63, 3.8) is 0 Å². The standard InChI is InChI=1S/C22H26N4O4/c1-4-18(15-9-11-23-12-10-15)24-20(27)7-8-21-25-26-22(30-21)14-16-13-17(28-2)5-6-19(16)29-3/h5-6,9-13,18H,4,7-8,14H2,1-3H3,(H,24,27)/t18-/m0/s1. The van der Waals surface area contributed by atoms with Crippen LogP contribution in [0.1, 0.15) is 48.7 Å². The van der Waals surface area contributed by atoms with Crippen molar-refractivity contribution in [2.45, 2.75) is 38.6 Å². The minimum atomic E-state index is -0.0622. The molecule has 3 rings (SSSR count). The fourth-order valence-corrected chi connectivity index (χ4v) is 3.15. The molecule has 1 aromatic carbocycles. The number of aryl methyl sites for hydroxylation is 1. The van der Waals surface area contributed by atoms with Crippen molar-refractivity contribution in [2.24, 2.45) is 0 Å². The van der Waals surface area contributed by atoms with Crippen LogP contribution < -0.4 is 14.8 Å². The molecule has 0 unspecified atom stereocenters. The fourth-order valence-electron chi connectivity index (χ4n) is 3.15. The van der Waals surface area contributed by atoms with E-state index in [1.165, 1.54) is 0 Å². The van der Waals surface area contributed by atoms with Crippen LogP contribution in [0.25, 0.3) is 0 Å². The Kier molecular flexibility index (Phi) is 7.37. The Balaban J connectivity index is 1.56. The van der Waals surface area contributed by atoms with Crippen molar-refractivity contribution < 1.29 is 18.7 Å². The topological polar surface area (TPSA) is 99.4 Å². The number of nitrogens with zero attached hydrogens (tertiary/aromatic N) is 3. The lowest BCUT2D eigenvalue weighted by Crippen LogP contribution is -2.28. The van der Waals surface area contributed by atoms with Crippen molar-refractivity contribution in [3.05, 3.63) is 65.6 Å². The maximum atomic E-state index is 12.4. The van der Waals surface area contributed by atoms with Gasteiger partial charge in [-0.2, -0.15) is 0 Å². The molecule has 8 nitrogen and oxygen atoms in total.